The first-order valence-corrected chi connectivity index (χ1v) is 5.15. The molecule has 1 N–H and O–H groups in total. The van der Waals surface area contributed by atoms with Crippen LogP contribution in [0.5, 0.6) is 5.75 Å². The first kappa shape index (κ1) is 10.5. The fraction of sp³-hybridized carbons (Fsp3) is 0.154. The number of benzene rings is 1. The van der Waals surface area contributed by atoms with Gasteiger partial charge in [-0.2, -0.15) is 0 Å². The van der Waals surface area contributed by atoms with E-state index in [1.54, 1.807) is 12.1 Å². The van der Waals surface area contributed by atoms with E-state index in [4.69, 9.17) is 4.74 Å². The van der Waals surface area contributed by atoms with Crippen molar-refractivity contribution in [2.24, 2.45) is 0 Å². The summed E-state index contributed by atoms with van der Waals surface area (Å²) in [7, 11) is 0. The van der Waals surface area contributed by atoms with Crippen LogP contribution in [0.3, 0.4) is 0 Å². The monoisotopic (exact) mass is 215 g/mol. The average molecular weight is 215 g/mol. The maximum absolute atomic E-state index is 10.8. The van der Waals surface area contributed by atoms with E-state index < -0.39 is 0 Å². The molecule has 1 atom stereocenters. The van der Waals surface area contributed by atoms with Gasteiger partial charge in [-0.15, -0.1) is 0 Å². The summed E-state index contributed by atoms with van der Waals surface area (Å²) in [6.07, 6.45) is 2.55. The molecule has 0 fully saturated rings. The lowest BCUT2D eigenvalue weighted by Gasteiger charge is -2.14. The molecule has 0 aliphatic rings. The third kappa shape index (κ3) is 2.14. The number of ether oxygens (including phenoxy) is 1. The van der Waals surface area contributed by atoms with E-state index in [1.807, 2.05) is 37.4 Å². The predicted octanol–water partition coefficient (Wildman–Crippen LogP) is 2.97. The van der Waals surface area contributed by atoms with Crippen LogP contribution in [0.1, 0.15) is 29.1 Å². The number of aromatic nitrogens is 1. The maximum Gasteiger partial charge on any atom is 0.153 e. The second-order valence-electron chi connectivity index (χ2n) is 3.54. The third-order valence-electron chi connectivity index (χ3n) is 2.41. The van der Waals surface area contributed by atoms with Crippen LogP contribution >= 0.6 is 0 Å². The molecule has 0 aliphatic carbocycles. The molecule has 0 spiro atoms. The topological polar surface area (TPSA) is 42.1 Å². The van der Waals surface area contributed by atoms with E-state index >= 15 is 0 Å². The Hall–Kier alpha value is -2.03. The van der Waals surface area contributed by atoms with Crippen LogP contribution in [0.15, 0.2) is 42.6 Å². The molecule has 0 aliphatic heterocycles. The zero-order valence-electron chi connectivity index (χ0n) is 9.01. The summed E-state index contributed by atoms with van der Waals surface area (Å²) in [4.78, 5) is 13.9. The molecule has 0 saturated heterocycles. The van der Waals surface area contributed by atoms with Gasteiger partial charge in [-0.1, -0.05) is 12.1 Å². The van der Waals surface area contributed by atoms with Crippen molar-refractivity contribution in [3.05, 3.63) is 53.9 Å². The Morgan fingerprint density at radius 3 is 2.75 bits per heavy atom. The molecule has 0 bridgehead atoms. The van der Waals surface area contributed by atoms with Crippen molar-refractivity contribution in [1.29, 1.82) is 0 Å². The largest absolute Gasteiger partial charge is 0.484 e. The van der Waals surface area contributed by atoms with Crippen molar-refractivity contribution < 1.29 is 9.53 Å². The van der Waals surface area contributed by atoms with Crippen LogP contribution in [0.25, 0.3) is 0 Å². The van der Waals surface area contributed by atoms with E-state index in [2.05, 4.69) is 4.98 Å². The molecular formula is C13H13NO2. The van der Waals surface area contributed by atoms with Gasteiger partial charge < -0.3 is 9.72 Å². The van der Waals surface area contributed by atoms with E-state index in [-0.39, 0.29) is 6.10 Å². The van der Waals surface area contributed by atoms with Crippen molar-refractivity contribution >= 4 is 6.29 Å². The number of hydrogen-bond acceptors (Lipinski definition) is 2. The Morgan fingerprint density at radius 1 is 1.25 bits per heavy atom. The van der Waals surface area contributed by atoms with E-state index in [1.165, 1.54) is 0 Å². The van der Waals surface area contributed by atoms with Gasteiger partial charge in [0, 0.05) is 6.20 Å². The number of carbonyl (C=O) groups excluding carboxylic acids is 1. The molecule has 3 heteroatoms. The van der Waals surface area contributed by atoms with Gasteiger partial charge in [0.15, 0.2) is 6.29 Å². The van der Waals surface area contributed by atoms with Crippen LogP contribution < -0.4 is 4.74 Å². The molecule has 1 heterocycles. The SMILES string of the molecule is CC(Oc1ccccc1C=O)c1ccc[nH]1. The molecule has 1 aromatic carbocycles. The van der Waals surface area contributed by atoms with Crippen molar-refractivity contribution in [2.75, 3.05) is 0 Å². The molecule has 0 radical (unpaired) electrons. The van der Waals surface area contributed by atoms with Crippen LogP contribution in [-0.2, 0) is 0 Å². The Kier molecular flexibility index (Phi) is 3.05. The first-order chi connectivity index (χ1) is 7.81. The van der Waals surface area contributed by atoms with Crippen LogP contribution in [-0.4, -0.2) is 11.3 Å². The lowest BCUT2D eigenvalue weighted by atomic mass is 10.2. The van der Waals surface area contributed by atoms with E-state index in [0.717, 1.165) is 12.0 Å². The predicted molar refractivity (Wildman–Crippen MR) is 61.7 cm³/mol. The van der Waals surface area contributed by atoms with Gasteiger partial charge >= 0.3 is 0 Å². The highest BCUT2D eigenvalue weighted by molar-refractivity contribution is 5.79. The summed E-state index contributed by atoms with van der Waals surface area (Å²) >= 11 is 0. The first-order valence-electron chi connectivity index (χ1n) is 5.15. The Balaban J connectivity index is 2.17. The fourth-order valence-electron chi connectivity index (χ4n) is 1.54. The molecular weight excluding hydrogens is 202 g/mol. The molecule has 1 aromatic heterocycles. The minimum absolute atomic E-state index is 0.101. The highest BCUT2D eigenvalue weighted by Gasteiger charge is 2.09. The average Bonchev–Trinajstić information content (AvgIpc) is 2.83. The van der Waals surface area contributed by atoms with Crippen LogP contribution in [0.4, 0.5) is 0 Å². The number of nitrogens with one attached hydrogen (secondary N) is 1. The van der Waals surface area contributed by atoms with Gasteiger partial charge in [-0.25, -0.2) is 0 Å². The molecule has 2 aromatic rings. The normalized spacial score (nSPS) is 12.1. The summed E-state index contributed by atoms with van der Waals surface area (Å²) in [6.45, 7) is 1.94. The highest BCUT2D eigenvalue weighted by atomic mass is 16.5. The summed E-state index contributed by atoms with van der Waals surface area (Å²) in [6, 6.07) is 11.1. The molecule has 1 unspecified atom stereocenters. The molecule has 0 saturated carbocycles. The second kappa shape index (κ2) is 4.66. The highest BCUT2D eigenvalue weighted by Crippen LogP contribution is 2.23. The zero-order valence-corrected chi connectivity index (χ0v) is 9.01. The maximum atomic E-state index is 10.8. The summed E-state index contributed by atoms with van der Waals surface area (Å²) in [5, 5.41) is 0. The zero-order chi connectivity index (χ0) is 11.4. The van der Waals surface area contributed by atoms with Crippen molar-refractivity contribution in [3.63, 3.8) is 0 Å². The molecule has 3 nitrogen and oxygen atoms in total. The molecule has 16 heavy (non-hydrogen) atoms. The lowest BCUT2D eigenvalue weighted by molar-refractivity contribution is 0.111. The summed E-state index contributed by atoms with van der Waals surface area (Å²) in [5.74, 6) is 0.611. The molecule has 0 amide bonds. The van der Waals surface area contributed by atoms with Crippen molar-refractivity contribution in [1.82, 2.24) is 4.98 Å². The van der Waals surface area contributed by atoms with Gasteiger partial charge in [-0.05, 0) is 31.2 Å². The van der Waals surface area contributed by atoms with Gasteiger partial charge in [0.2, 0.25) is 0 Å². The van der Waals surface area contributed by atoms with Crippen molar-refractivity contribution in [2.45, 2.75) is 13.0 Å². The minimum Gasteiger partial charge on any atom is -0.484 e. The smallest absolute Gasteiger partial charge is 0.153 e. The van der Waals surface area contributed by atoms with E-state index in [0.29, 0.717) is 11.3 Å². The quantitative estimate of drug-likeness (QED) is 0.797. The van der Waals surface area contributed by atoms with Gasteiger partial charge in [0.25, 0.3) is 0 Å². The number of carbonyl (C=O) groups is 1. The lowest BCUT2D eigenvalue weighted by Crippen LogP contribution is -2.04. The number of aldehydes is 1. The Labute approximate surface area is 94.1 Å². The van der Waals surface area contributed by atoms with Gasteiger partial charge in [0.05, 0.1) is 11.3 Å². The minimum atomic E-state index is -0.101. The number of H-pyrrole nitrogens is 1. The Bertz CT molecular complexity index is 463. The summed E-state index contributed by atoms with van der Waals surface area (Å²) in [5.41, 5.74) is 1.56. The molecule has 2 rings (SSSR count). The van der Waals surface area contributed by atoms with Crippen LogP contribution in [0.2, 0.25) is 0 Å². The second-order valence-corrected chi connectivity index (χ2v) is 3.54. The third-order valence-corrected chi connectivity index (χ3v) is 2.41. The standard InChI is InChI=1S/C13H13NO2/c1-10(12-6-4-8-14-12)16-13-7-3-2-5-11(13)9-15/h2-10,14H,1H3. The van der Waals surface area contributed by atoms with Crippen molar-refractivity contribution in [3.8, 4) is 5.75 Å². The number of aromatic amines is 1. The fourth-order valence-corrected chi connectivity index (χ4v) is 1.54. The summed E-state index contributed by atoms with van der Waals surface area (Å²) < 4.78 is 5.72. The van der Waals surface area contributed by atoms with Gasteiger partial charge in [-0.3, -0.25) is 4.79 Å². The number of hydrogen-bond donors (Lipinski definition) is 1. The van der Waals surface area contributed by atoms with E-state index in [9.17, 15) is 4.79 Å². The van der Waals surface area contributed by atoms with Gasteiger partial charge in [0.1, 0.15) is 11.9 Å². The molecule has 82 valence electrons. The number of rotatable bonds is 4. The number of para-hydroxylation sites is 1. The van der Waals surface area contributed by atoms with Crippen LogP contribution in [0, 0.1) is 0 Å². The Morgan fingerprint density at radius 2 is 2.06 bits per heavy atom.